The first-order chi connectivity index (χ1) is 15.0. The molecule has 1 aliphatic rings. The molecule has 7 nitrogen and oxygen atoms in total. The number of methoxy groups -OCH3 is 2. The largest absolute Gasteiger partial charge is 0.497 e. The Morgan fingerprint density at radius 3 is 2.52 bits per heavy atom. The second-order valence-corrected chi connectivity index (χ2v) is 7.44. The van der Waals surface area contributed by atoms with Crippen LogP contribution < -0.4 is 14.8 Å². The number of aromatic nitrogens is 2. The Balaban J connectivity index is 1.78. The maximum Gasteiger partial charge on any atom is 0.258 e. The first-order valence-electron chi connectivity index (χ1n) is 9.97. The maximum absolute atomic E-state index is 5.73. The number of hydrogen-bond donors (Lipinski definition) is 1. The molecule has 0 fully saturated rings. The molecular formula is C23H24N4O3S. The fourth-order valence-electron chi connectivity index (χ4n) is 3.70. The van der Waals surface area contributed by atoms with E-state index in [9.17, 15) is 0 Å². The fourth-order valence-corrected chi connectivity index (χ4v) is 4.08. The number of rotatable bonds is 6. The van der Waals surface area contributed by atoms with Crippen molar-refractivity contribution in [1.82, 2.24) is 20.4 Å². The van der Waals surface area contributed by atoms with Crippen molar-refractivity contribution in [3.05, 3.63) is 65.7 Å². The zero-order chi connectivity index (χ0) is 22.0. The average Bonchev–Trinajstić information content (AvgIpc) is 3.29. The lowest BCUT2D eigenvalue weighted by Gasteiger charge is -2.36. The molecule has 3 aromatic rings. The topological polar surface area (TPSA) is 72.7 Å². The molecule has 0 radical (unpaired) electrons. The van der Waals surface area contributed by atoms with E-state index in [1.807, 2.05) is 60.4 Å². The molecule has 0 aliphatic carbocycles. The molecule has 1 aromatic heterocycles. The molecule has 2 aromatic carbocycles. The van der Waals surface area contributed by atoms with Crippen LogP contribution in [0.15, 0.2) is 58.8 Å². The third-order valence-electron chi connectivity index (χ3n) is 5.35. The molecule has 4 rings (SSSR count). The Hall–Kier alpha value is -3.39. The van der Waals surface area contributed by atoms with Gasteiger partial charge in [-0.2, -0.15) is 4.98 Å². The molecule has 0 saturated carbocycles. The molecule has 31 heavy (non-hydrogen) atoms. The molecule has 160 valence electrons. The van der Waals surface area contributed by atoms with Gasteiger partial charge in [0.2, 0.25) is 5.82 Å². The minimum atomic E-state index is -0.222. The Morgan fingerprint density at radius 2 is 1.84 bits per heavy atom. The summed E-state index contributed by atoms with van der Waals surface area (Å²) in [5, 5.41) is 8.31. The van der Waals surface area contributed by atoms with Gasteiger partial charge in [-0.3, -0.25) is 0 Å². The van der Waals surface area contributed by atoms with Gasteiger partial charge in [0, 0.05) is 17.8 Å². The van der Waals surface area contributed by atoms with Gasteiger partial charge >= 0.3 is 0 Å². The van der Waals surface area contributed by atoms with Gasteiger partial charge in [-0.1, -0.05) is 29.4 Å². The van der Waals surface area contributed by atoms with Crippen LogP contribution in [0.4, 0.5) is 0 Å². The smallest absolute Gasteiger partial charge is 0.258 e. The molecule has 0 bridgehead atoms. The lowest BCUT2D eigenvalue weighted by molar-refractivity contribution is 0.398. The predicted molar refractivity (Wildman–Crippen MR) is 123 cm³/mol. The highest BCUT2D eigenvalue weighted by Crippen LogP contribution is 2.37. The van der Waals surface area contributed by atoms with E-state index >= 15 is 0 Å². The normalized spacial score (nSPS) is 16.3. The maximum atomic E-state index is 5.73. The molecule has 2 heterocycles. The minimum absolute atomic E-state index is 0.222. The van der Waals surface area contributed by atoms with E-state index in [0.29, 0.717) is 16.8 Å². The van der Waals surface area contributed by atoms with Gasteiger partial charge < -0.3 is 24.2 Å². The lowest BCUT2D eigenvalue weighted by atomic mass is 9.94. The van der Waals surface area contributed by atoms with Crippen molar-refractivity contribution < 1.29 is 14.0 Å². The van der Waals surface area contributed by atoms with E-state index in [4.69, 9.17) is 31.2 Å². The second kappa shape index (κ2) is 8.77. The first-order valence-corrected chi connectivity index (χ1v) is 10.4. The third kappa shape index (κ3) is 3.98. The van der Waals surface area contributed by atoms with Crippen molar-refractivity contribution in [1.29, 1.82) is 0 Å². The molecule has 0 spiro atoms. The monoisotopic (exact) mass is 436 g/mol. The van der Waals surface area contributed by atoms with E-state index in [0.717, 1.165) is 40.4 Å². The number of nitrogens with zero attached hydrogens (tertiary/aromatic N) is 3. The highest BCUT2D eigenvalue weighted by Gasteiger charge is 2.33. The summed E-state index contributed by atoms with van der Waals surface area (Å²) in [5.74, 6) is 2.47. The van der Waals surface area contributed by atoms with Crippen LogP contribution in [-0.4, -0.2) is 40.9 Å². The molecule has 0 amide bonds. The number of allylic oxidation sites excluding steroid dienone is 1. The predicted octanol–water partition coefficient (Wildman–Crippen LogP) is 4.44. The Bertz CT molecular complexity index is 1120. The van der Waals surface area contributed by atoms with E-state index < -0.39 is 0 Å². The van der Waals surface area contributed by atoms with Crippen LogP contribution in [0.5, 0.6) is 11.5 Å². The quantitative estimate of drug-likeness (QED) is 0.569. The van der Waals surface area contributed by atoms with Gasteiger partial charge in [0.15, 0.2) is 5.11 Å². The molecule has 8 heteroatoms. The summed E-state index contributed by atoms with van der Waals surface area (Å²) < 4.78 is 16.3. The number of hydrogen-bond acceptors (Lipinski definition) is 6. The van der Waals surface area contributed by atoms with E-state index in [2.05, 4.69) is 17.4 Å². The SMILES string of the molecule is CCN1C(=S)NC(c2ccc(OC)cc2)C(c2nc(-c3cccc(OC)c3)no2)=C1C. The van der Waals surface area contributed by atoms with Gasteiger partial charge in [-0.15, -0.1) is 0 Å². The summed E-state index contributed by atoms with van der Waals surface area (Å²) in [6, 6.07) is 15.2. The van der Waals surface area contributed by atoms with Crippen molar-refractivity contribution in [3.8, 4) is 22.9 Å². The first kappa shape index (κ1) is 20.9. The molecular weight excluding hydrogens is 412 g/mol. The van der Waals surface area contributed by atoms with Crippen molar-refractivity contribution in [2.75, 3.05) is 20.8 Å². The standard InChI is InChI=1S/C23H24N4O3S/c1-5-27-14(2)19(20(24-23(27)31)15-9-11-17(28-3)12-10-15)22-25-21(26-30-22)16-7-6-8-18(13-16)29-4/h6-13,20H,5H2,1-4H3,(H,24,31). The summed E-state index contributed by atoms with van der Waals surface area (Å²) in [6.07, 6.45) is 0. The van der Waals surface area contributed by atoms with E-state index in [1.165, 1.54) is 0 Å². The van der Waals surface area contributed by atoms with E-state index in [-0.39, 0.29) is 6.04 Å². The van der Waals surface area contributed by atoms with Crippen LogP contribution in [0.25, 0.3) is 17.0 Å². The van der Waals surface area contributed by atoms with Gasteiger partial charge in [-0.05, 0) is 55.9 Å². The van der Waals surface area contributed by atoms with Crippen LogP contribution in [0.1, 0.15) is 31.3 Å². The number of benzene rings is 2. The number of nitrogens with one attached hydrogen (secondary N) is 1. The van der Waals surface area contributed by atoms with Crippen molar-refractivity contribution in [2.24, 2.45) is 0 Å². The lowest BCUT2D eigenvalue weighted by Crippen LogP contribution is -2.45. The van der Waals surface area contributed by atoms with Gasteiger partial charge in [-0.25, -0.2) is 0 Å². The van der Waals surface area contributed by atoms with Crippen molar-refractivity contribution in [2.45, 2.75) is 19.9 Å². The second-order valence-electron chi connectivity index (χ2n) is 7.05. The minimum Gasteiger partial charge on any atom is -0.497 e. The molecule has 1 unspecified atom stereocenters. The zero-order valence-electron chi connectivity index (χ0n) is 17.9. The van der Waals surface area contributed by atoms with Gasteiger partial charge in [0.05, 0.1) is 25.8 Å². The van der Waals surface area contributed by atoms with Crippen LogP contribution in [0.2, 0.25) is 0 Å². The Morgan fingerprint density at radius 1 is 1.10 bits per heavy atom. The van der Waals surface area contributed by atoms with Crippen molar-refractivity contribution in [3.63, 3.8) is 0 Å². The van der Waals surface area contributed by atoms with Crippen LogP contribution in [-0.2, 0) is 0 Å². The molecule has 0 saturated heterocycles. The van der Waals surface area contributed by atoms with Crippen LogP contribution in [0.3, 0.4) is 0 Å². The van der Waals surface area contributed by atoms with Gasteiger partial charge in [0.25, 0.3) is 5.89 Å². The summed E-state index contributed by atoms with van der Waals surface area (Å²) >= 11 is 5.62. The summed E-state index contributed by atoms with van der Waals surface area (Å²) in [7, 11) is 3.28. The third-order valence-corrected chi connectivity index (χ3v) is 5.68. The van der Waals surface area contributed by atoms with Crippen LogP contribution in [0, 0.1) is 0 Å². The van der Waals surface area contributed by atoms with E-state index in [1.54, 1.807) is 14.2 Å². The molecule has 1 aliphatic heterocycles. The highest BCUT2D eigenvalue weighted by atomic mass is 32.1. The van der Waals surface area contributed by atoms with Gasteiger partial charge in [0.1, 0.15) is 11.5 Å². The number of thiocarbonyl (C=S) groups is 1. The highest BCUT2D eigenvalue weighted by molar-refractivity contribution is 7.80. The summed E-state index contributed by atoms with van der Waals surface area (Å²) in [6.45, 7) is 4.81. The Labute approximate surface area is 186 Å². The summed E-state index contributed by atoms with van der Waals surface area (Å²) in [5.41, 5.74) is 3.71. The summed E-state index contributed by atoms with van der Waals surface area (Å²) in [4.78, 5) is 6.74. The molecule has 1 atom stereocenters. The van der Waals surface area contributed by atoms with Crippen LogP contribution >= 0.6 is 12.2 Å². The Kier molecular flexibility index (Phi) is 5.90. The number of ether oxygens (including phenoxy) is 2. The molecule has 1 N–H and O–H groups in total. The zero-order valence-corrected chi connectivity index (χ0v) is 18.7. The fraction of sp³-hybridized carbons (Fsp3) is 0.261. The average molecular weight is 437 g/mol. The van der Waals surface area contributed by atoms with Crippen molar-refractivity contribution >= 4 is 22.9 Å².